The fraction of sp³-hybridized carbons (Fsp3) is 0.100. The highest BCUT2D eigenvalue weighted by Crippen LogP contribution is 2.33. The van der Waals surface area contributed by atoms with Crippen molar-refractivity contribution in [1.82, 2.24) is 10.2 Å². The number of nitrogens with one attached hydrogen (secondary N) is 2. The van der Waals surface area contributed by atoms with Gasteiger partial charge in [0.1, 0.15) is 10.8 Å². The van der Waals surface area contributed by atoms with E-state index in [-0.39, 0.29) is 11.6 Å². The lowest BCUT2D eigenvalue weighted by atomic mass is 10.2. The molecule has 3 aromatic rings. The predicted octanol–water partition coefficient (Wildman–Crippen LogP) is 4.25. The maximum Gasteiger partial charge on any atom is 0.276 e. The van der Waals surface area contributed by atoms with Gasteiger partial charge in [-0.2, -0.15) is 0 Å². The SMILES string of the molecule is C[C@@H]1Oc2ccc(NC(=O)c3ccc(Sc4ccccc4Cl)nn3)cc2NC1=O. The van der Waals surface area contributed by atoms with Crippen LogP contribution in [-0.2, 0) is 4.79 Å². The van der Waals surface area contributed by atoms with Crippen LogP contribution in [0.5, 0.6) is 5.75 Å². The molecule has 0 aliphatic carbocycles. The number of rotatable bonds is 4. The number of fused-ring (bicyclic) bond motifs is 1. The second-order valence-corrected chi connectivity index (χ2v) is 7.67. The van der Waals surface area contributed by atoms with Crippen LogP contribution in [0.1, 0.15) is 17.4 Å². The first-order chi connectivity index (χ1) is 14.0. The summed E-state index contributed by atoms with van der Waals surface area (Å²) in [7, 11) is 0. The number of amides is 2. The number of benzene rings is 2. The summed E-state index contributed by atoms with van der Waals surface area (Å²) in [5.41, 5.74) is 1.17. The summed E-state index contributed by atoms with van der Waals surface area (Å²) in [6, 6.07) is 15.7. The minimum Gasteiger partial charge on any atom is -0.479 e. The van der Waals surface area contributed by atoms with E-state index in [1.165, 1.54) is 11.8 Å². The smallest absolute Gasteiger partial charge is 0.276 e. The highest BCUT2D eigenvalue weighted by molar-refractivity contribution is 7.99. The van der Waals surface area contributed by atoms with Crippen molar-refractivity contribution in [2.75, 3.05) is 10.6 Å². The molecule has 1 atom stereocenters. The molecule has 0 unspecified atom stereocenters. The van der Waals surface area contributed by atoms with Crippen molar-refractivity contribution in [2.45, 2.75) is 22.9 Å². The van der Waals surface area contributed by atoms with E-state index in [2.05, 4.69) is 20.8 Å². The summed E-state index contributed by atoms with van der Waals surface area (Å²) < 4.78 is 5.50. The monoisotopic (exact) mass is 426 g/mol. The van der Waals surface area contributed by atoms with E-state index in [9.17, 15) is 9.59 Å². The number of carbonyl (C=O) groups is 2. The normalized spacial score (nSPS) is 15.1. The Morgan fingerprint density at radius 1 is 1.17 bits per heavy atom. The van der Waals surface area contributed by atoms with E-state index in [1.54, 1.807) is 43.3 Å². The lowest BCUT2D eigenvalue weighted by Crippen LogP contribution is -2.34. The summed E-state index contributed by atoms with van der Waals surface area (Å²) in [5, 5.41) is 14.8. The van der Waals surface area contributed by atoms with E-state index < -0.39 is 12.0 Å². The number of aromatic nitrogens is 2. The summed E-state index contributed by atoms with van der Waals surface area (Å²) in [5.74, 6) is -0.0996. The molecule has 1 aliphatic rings. The Kier molecular flexibility index (Phi) is 5.37. The molecule has 0 saturated carbocycles. The molecule has 0 fully saturated rings. The van der Waals surface area contributed by atoms with E-state index in [4.69, 9.17) is 16.3 Å². The van der Waals surface area contributed by atoms with Crippen LogP contribution < -0.4 is 15.4 Å². The molecule has 2 heterocycles. The maximum atomic E-state index is 12.5. The van der Waals surface area contributed by atoms with E-state index >= 15 is 0 Å². The molecule has 2 aromatic carbocycles. The summed E-state index contributed by atoms with van der Waals surface area (Å²) in [6.07, 6.45) is -0.555. The Bertz CT molecular complexity index is 1090. The zero-order valence-electron chi connectivity index (χ0n) is 15.2. The number of hydrogen-bond donors (Lipinski definition) is 2. The Hall–Kier alpha value is -3.10. The maximum absolute atomic E-state index is 12.5. The Morgan fingerprint density at radius 2 is 2.00 bits per heavy atom. The van der Waals surface area contributed by atoms with Gasteiger partial charge in [0.05, 0.1) is 10.7 Å². The minimum atomic E-state index is -0.555. The van der Waals surface area contributed by atoms with Crippen LogP contribution in [0, 0.1) is 0 Å². The molecule has 29 heavy (non-hydrogen) atoms. The number of halogens is 1. The Labute approximate surface area is 175 Å². The van der Waals surface area contributed by atoms with Crippen molar-refractivity contribution < 1.29 is 14.3 Å². The molecule has 0 bridgehead atoms. The molecule has 146 valence electrons. The number of ether oxygens (including phenoxy) is 1. The summed E-state index contributed by atoms with van der Waals surface area (Å²) in [4.78, 5) is 25.1. The lowest BCUT2D eigenvalue weighted by molar-refractivity contribution is -0.122. The highest BCUT2D eigenvalue weighted by atomic mass is 35.5. The fourth-order valence-corrected chi connectivity index (χ4v) is 3.62. The van der Waals surface area contributed by atoms with E-state index in [0.29, 0.717) is 27.2 Å². The van der Waals surface area contributed by atoms with Gasteiger partial charge in [0, 0.05) is 10.6 Å². The van der Waals surface area contributed by atoms with Crippen molar-refractivity contribution in [3.63, 3.8) is 0 Å². The van der Waals surface area contributed by atoms with Crippen LogP contribution in [0.3, 0.4) is 0 Å². The molecule has 4 rings (SSSR count). The van der Waals surface area contributed by atoms with Gasteiger partial charge in [-0.1, -0.05) is 35.5 Å². The average Bonchev–Trinajstić information content (AvgIpc) is 2.71. The van der Waals surface area contributed by atoms with Gasteiger partial charge in [0.25, 0.3) is 11.8 Å². The van der Waals surface area contributed by atoms with Crippen molar-refractivity contribution in [3.8, 4) is 5.75 Å². The van der Waals surface area contributed by atoms with Gasteiger partial charge in [0.2, 0.25) is 0 Å². The third kappa shape index (κ3) is 4.33. The van der Waals surface area contributed by atoms with Crippen LogP contribution >= 0.6 is 23.4 Å². The van der Waals surface area contributed by atoms with Crippen molar-refractivity contribution in [1.29, 1.82) is 0 Å². The largest absolute Gasteiger partial charge is 0.479 e. The first-order valence-corrected chi connectivity index (χ1v) is 9.88. The van der Waals surface area contributed by atoms with Gasteiger partial charge >= 0.3 is 0 Å². The Balaban J connectivity index is 1.44. The molecule has 7 nitrogen and oxygen atoms in total. The number of hydrogen-bond acceptors (Lipinski definition) is 6. The molecule has 0 radical (unpaired) electrons. The van der Waals surface area contributed by atoms with Crippen LogP contribution in [0.25, 0.3) is 0 Å². The second kappa shape index (κ2) is 8.10. The molecular formula is C20H15ClN4O3S. The lowest BCUT2D eigenvalue weighted by Gasteiger charge is -2.23. The molecule has 9 heteroatoms. The van der Waals surface area contributed by atoms with Crippen LogP contribution in [0.4, 0.5) is 11.4 Å². The second-order valence-electron chi connectivity index (χ2n) is 6.20. The van der Waals surface area contributed by atoms with Crippen LogP contribution in [0.2, 0.25) is 5.02 Å². The molecular weight excluding hydrogens is 412 g/mol. The highest BCUT2D eigenvalue weighted by Gasteiger charge is 2.23. The zero-order valence-corrected chi connectivity index (χ0v) is 16.8. The summed E-state index contributed by atoms with van der Waals surface area (Å²) >= 11 is 7.51. The van der Waals surface area contributed by atoms with Crippen molar-refractivity contribution in [3.05, 3.63) is 65.3 Å². The van der Waals surface area contributed by atoms with Crippen LogP contribution in [-0.4, -0.2) is 28.1 Å². The van der Waals surface area contributed by atoms with Gasteiger partial charge < -0.3 is 15.4 Å². The number of carbonyl (C=O) groups excluding carboxylic acids is 2. The quantitative estimate of drug-likeness (QED) is 0.647. The molecule has 2 N–H and O–H groups in total. The molecule has 1 aliphatic heterocycles. The van der Waals surface area contributed by atoms with Crippen molar-refractivity contribution in [2.24, 2.45) is 0 Å². The predicted molar refractivity (Wildman–Crippen MR) is 111 cm³/mol. The van der Waals surface area contributed by atoms with Gasteiger partial charge in [-0.3, -0.25) is 9.59 Å². The first kappa shape index (κ1) is 19.2. The average molecular weight is 427 g/mol. The van der Waals surface area contributed by atoms with Gasteiger partial charge in [-0.15, -0.1) is 10.2 Å². The minimum absolute atomic E-state index is 0.167. The van der Waals surface area contributed by atoms with E-state index in [0.717, 1.165) is 4.90 Å². The third-order valence-corrected chi connectivity index (χ3v) is 5.54. The van der Waals surface area contributed by atoms with E-state index in [1.807, 2.05) is 18.2 Å². The number of anilines is 2. The first-order valence-electron chi connectivity index (χ1n) is 8.68. The molecule has 2 amide bonds. The zero-order chi connectivity index (χ0) is 20.4. The van der Waals surface area contributed by atoms with Gasteiger partial charge in [-0.05, 0) is 49.4 Å². The Morgan fingerprint density at radius 3 is 2.76 bits per heavy atom. The van der Waals surface area contributed by atoms with Crippen LogP contribution in [0.15, 0.2) is 64.5 Å². The molecule has 0 saturated heterocycles. The van der Waals surface area contributed by atoms with Gasteiger partial charge in [0.15, 0.2) is 11.8 Å². The number of nitrogens with zero attached hydrogens (tertiary/aromatic N) is 2. The third-order valence-electron chi connectivity index (χ3n) is 4.09. The topological polar surface area (TPSA) is 93.2 Å². The van der Waals surface area contributed by atoms with Gasteiger partial charge in [-0.25, -0.2) is 0 Å². The molecule has 1 aromatic heterocycles. The molecule has 0 spiro atoms. The fourth-order valence-electron chi connectivity index (χ4n) is 2.62. The summed E-state index contributed by atoms with van der Waals surface area (Å²) in [6.45, 7) is 1.67. The van der Waals surface area contributed by atoms with Crippen molar-refractivity contribution >= 4 is 46.6 Å². The standard InChI is InChI=1S/C20H15ClN4O3S/c1-11-19(26)23-15-10-12(6-8-16(15)28-11)22-20(27)14-7-9-18(25-24-14)29-17-5-3-2-4-13(17)21/h2-11H,1H3,(H,22,27)(H,23,26)/t11-/m0/s1.